The maximum absolute atomic E-state index is 13.4. The van der Waals surface area contributed by atoms with E-state index in [9.17, 15) is 4.79 Å². The Morgan fingerprint density at radius 1 is 1.18 bits per heavy atom. The zero-order valence-electron chi connectivity index (χ0n) is 19.6. The number of fused-ring (bicyclic) bond motifs is 1. The third-order valence-electron chi connectivity index (χ3n) is 6.91. The van der Waals surface area contributed by atoms with Gasteiger partial charge in [-0.25, -0.2) is 4.98 Å². The number of nitrogens with one attached hydrogen (secondary N) is 1. The minimum Gasteiger partial charge on any atom is -0.358 e. The number of carbonyl (C=O) groups is 1. The van der Waals surface area contributed by atoms with E-state index in [0.717, 1.165) is 37.3 Å². The summed E-state index contributed by atoms with van der Waals surface area (Å²) in [5.74, 6) is 1.37. The number of aromatic nitrogens is 4. The first kappa shape index (κ1) is 21.4. The number of benzene rings is 1. The molecule has 1 fully saturated rings. The number of nitrogens with zero attached hydrogens (tertiary/aromatic N) is 4. The Hall–Kier alpha value is -3.41. The number of likely N-dealkylation sites (tertiary alicyclic amines) is 1. The van der Waals surface area contributed by atoms with E-state index in [4.69, 9.17) is 0 Å². The molecule has 1 amide bonds. The first-order valence-corrected chi connectivity index (χ1v) is 11.8. The molecule has 0 radical (unpaired) electrons. The molecule has 6 nitrogen and oxygen atoms in total. The second-order valence-electron chi connectivity index (χ2n) is 9.35. The topological polar surface area (TPSA) is 66.8 Å². The second-order valence-corrected chi connectivity index (χ2v) is 9.35. The van der Waals surface area contributed by atoms with Crippen LogP contribution < -0.4 is 0 Å². The fraction of sp³-hybridized carbons (Fsp3) is 0.370. The molecule has 6 heteroatoms. The number of amides is 1. The average molecular weight is 442 g/mol. The zero-order chi connectivity index (χ0) is 22.9. The van der Waals surface area contributed by atoms with Gasteiger partial charge in [0.15, 0.2) is 0 Å². The Morgan fingerprint density at radius 3 is 2.76 bits per heavy atom. The zero-order valence-corrected chi connectivity index (χ0v) is 19.6. The van der Waals surface area contributed by atoms with Gasteiger partial charge in [0.25, 0.3) is 0 Å². The summed E-state index contributed by atoms with van der Waals surface area (Å²) in [6.07, 6.45) is 9.53. The maximum Gasteiger partial charge on any atom is 0.227 e. The molecule has 1 saturated heterocycles. The Labute approximate surface area is 194 Å². The Bertz CT molecular complexity index is 1270. The number of piperidine rings is 1. The van der Waals surface area contributed by atoms with Crippen molar-refractivity contribution in [1.82, 2.24) is 24.4 Å². The summed E-state index contributed by atoms with van der Waals surface area (Å²) >= 11 is 0. The van der Waals surface area contributed by atoms with Crippen LogP contribution in [0.1, 0.15) is 42.8 Å². The van der Waals surface area contributed by atoms with Crippen molar-refractivity contribution >= 4 is 16.8 Å². The van der Waals surface area contributed by atoms with Crippen LogP contribution in [0.4, 0.5) is 0 Å². The predicted octanol–water partition coefficient (Wildman–Crippen LogP) is 5.09. The van der Waals surface area contributed by atoms with Gasteiger partial charge in [-0.1, -0.05) is 18.6 Å². The normalized spacial score (nSPS) is 17.4. The van der Waals surface area contributed by atoms with Crippen LogP contribution in [0.3, 0.4) is 0 Å². The third kappa shape index (κ3) is 4.17. The molecule has 5 rings (SSSR count). The molecular formula is C27H31N5O. The van der Waals surface area contributed by atoms with Gasteiger partial charge in [0, 0.05) is 72.5 Å². The summed E-state index contributed by atoms with van der Waals surface area (Å²) in [6, 6.07) is 10.7. The lowest BCUT2D eigenvalue weighted by Crippen LogP contribution is -2.42. The number of H-pyrrole nitrogens is 1. The molecular weight excluding hydrogens is 410 g/mol. The van der Waals surface area contributed by atoms with E-state index in [0.29, 0.717) is 6.54 Å². The molecule has 4 aromatic rings. The highest BCUT2D eigenvalue weighted by Gasteiger charge is 2.30. The Morgan fingerprint density at radius 2 is 2.00 bits per heavy atom. The van der Waals surface area contributed by atoms with Crippen LogP contribution in [-0.4, -0.2) is 43.4 Å². The Balaban J connectivity index is 1.44. The minimum atomic E-state index is -0.0818. The number of pyridine rings is 1. The molecule has 0 bridgehead atoms. The highest BCUT2D eigenvalue weighted by atomic mass is 16.2. The van der Waals surface area contributed by atoms with Crippen molar-refractivity contribution in [1.29, 1.82) is 0 Å². The van der Waals surface area contributed by atoms with E-state index in [1.165, 1.54) is 27.8 Å². The van der Waals surface area contributed by atoms with Crippen LogP contribution in [0.2, 0.25) is 0 Å². The van der Waals surface area contributed by atoms with Crippen molar-refractivity contribution in [3.8, 4) is 11.1 Å². The second kappa shape index (κ2) is 8.85. The molecule has 170 valence electrons. The number of aryl methyl sites for hydroxylation is 2. The van der Waals surface area contributed by atoms with Crippen LogP contribution in [-0.2, 0) is 11.3 Å². The molecule has 0 aliphatic carbocycles. The molecule has 2 unspecified atom stereocenters. The van der Waals surface area contributed by atoms with Gasteiger partial charge in [0.1, 0.15) is 5.82 Å². The van der Waals surface area contributed by atoms with Crippen molar-refractivity contribution in [2.24, 2.45) is 5.92 Å². The molecule has 2 atom stereocenters. The summed E-state index contributed by atoms with van der Waals surface area (Å²) in [5.41, 5.74) is 6.04. The number of aromatic amines is 1. The molecule has 1 aliphatic heterocycles. The lowest BCUT2D eigenvalue weighted by atomic mass is 9.89. The van der Waals surface area contributed by atoms with Crippen molar-refractivity contribution in [3.05, 3.63) is 72.2 Å². The number of hydrogen-bond donors (Lipinski definition) is 1. The highest BCUT2D eigenvalue weighted by molar-refractivity contribution is 5.98. The Kier molecular flexibility index (Phi) is 5.75. The predicted molar refractivity (Wildman–Crippen MR) is 131 cm³/mol. The summed E-state index contributed by atoms with van der Waals surface area (Å²) in [5, 5.41) is 1.24. The van der Waals surface area contributed by atoms with Crippen LogP contribution in [0.25, 0.3) is 22.0 Å². The summed E-state index contributed by atoms with van der Waals surface area (Å²) in [4.78, 5) is 27.7. The largest absolute Gasteiger partial charge is 0.358 e. The molecule has 1 aromatic carbocycles. The van der Waals surface area contributed by atoms with Crippen LogP contribution in [0.5, 0.6) is 0 Å². The third-order valence-corrected chi connectivity index (χ3v) is 6.91. The lowest BCUT2D eigenvalue weighted by molar-refractivity contribution is -0.136. The fourth-order valence-electron chi connectivity index (χ4n) is 5.16. The van der Waals surface area contributed by atoms with Gasteiger partial charge in [-0.2, -0.15) is 0 Å². The maximum atomic E-state index is 13.4. The first-order valence-electron chi connectivity index (χ1n) is 11.8. The molecule has 1 aliphatic rings. The van der Waals surface area contributed by atoms with Gasteiger partial charge in [0.05, 0.1) is 5.92 Å². The first-order chi connectivity index (χ1) is 16.0. The number of hydrogen-bond acceptors (Lipinski definition) is 3. The quantitative estimate of drug-likeness (QED) is 0.469. The van der Waals surface area contributed by atoms with E-state index in [1.807, 2.05) is 32.4 Å². The average Bonchev–Trinajstić information content (AvgIpc) is 3.42. The summed E-state index contributed by atoms with van der Waals surface area (Å²) in [7, 11) is 0. The number of carbonyl (C=O) groups excluding carboxylic acids is 1. The summed E-state index contributed by atoms with van der Waals surface area (Å²) < 4.78 is 2.06. The van der Waals surface area contributed by atoms with E-state index in [2.05, 4.69) is 61.7 Å². The molecule has 33 heavy (non-hydrogen) atoms. The molecule has 4 heterocycles. The van der Waals surface area contributed by atoms with E-state index >= 15 is 0 Å². The molecule has 0 saturated carbocycles. The van der Waals surface area contributed by atoms with Gasteiger partial charge in [-0.05, 0) is 56.5 Å². The molecule has 3 aromatic heterocycles. The smallest absolute Gasteiger partial charge is 0.227 e. The van der Waals surface area contributed by atoms with Gasteiger partial charge in [-0.3, -0.25) is 9.78 Å². The van der Waals surface area contributed by atoms with Crippen LogP contribution in [0, 0.1) is 19.8 Å². The van der Waals surface area contributed by atoms with E-state index < -0.39 is 0 Å². The monoisotopic (exact) mass is 441 g/mol. The van der Waals surface area contributed by atoms with Crippen molar-refractivity contribution < 1.29 is 4.79 Å². The van der Waals surface area contributed by atoms with Gasteiger partial charge >= 0.3 is 0 Å². The van der Waals surface area contributed by atoms with Crippen LogP contribution in [0.15, 0.2) is 55.1 Å². The molecule has 0 spiro atoms. The van der Waals surface area contributed by atoms with Crippen molar-refractivity contribution in [3.63, 3.8) is 0 Å². The molecule has 1 N–H and O–H groups in total. The van der Waals surface area contributed by atoms with Gasteiger partial charge in [-0.15, -0.1) is 0 Å². The SMILES string of the molecule is Cc1ccc2[nH]c(C3CCCN(C(=O)C(C)Cn4ccnc4C)C3)c(-c3ccncc3)c2c1. The summed E-state index contributed by atoms with van der Waals surface area (Å²) in [6.45, 7) is 8.38. The standard InChI is InChI=1S/C27H31N5O/c1-18-6-7-24-23(15-18)25(21-8-10-28-11-9-21)26(30-24)22-5-4-13-32(17-22)27(33)19(2)16-31-14-12-29-20(31)3/h6-12,14-15,19,22,30H,4-5,13,16-17H2,1-3H3. The van der Waals surface area contributed by atoms with Crippen molar-refractivity contribution in [2.45, 2.75) is 46.1 Å². The van der Waals surface area contributed by atoms with Gasteiger partial charge < -0.3 is 14.5 Å². The fourth-order valence-corrected chi connectivity index (χ4v) is 5.16. The van der Waals surface area contributed by atoms with Crippen molar-refractivity contribution in [2.75, 3.05) is 13.1 Å². The lowest BCUT2D eigenvalue weighted by Gasteiger charge is -2.34. The number of imidazole rings is 1. The number of rotatable bonds is 5. The minimum absolute atomic E-state index is 0.0818. The van der Waals surface area contributed by atoms with E-state index in [1.54, 1.807) is 6.20 Å². The van der Waals surface area contributed by atoms with Gasteiger partial charge in [0.2, 0.25) is 5.91 Å². The van der Waals surface area contributed by atoms with Crippen LogP contribution >= 0.6 is 0 Å². The van der Waals surface area contributed by atoms with E-state index in [-0.39, 0.29) is 17.7 Å². The highest BCUT2D eigenvalue weighted by Crippen LogP contribution is 2.39.